The third-order valence-electron chi connectivity index (χ3n) is 4.34. The molecule has 3 rings (SSSR count). The Bertz CT molecular complexity index is 847. The van der Waals surface area contributed by atoms with Crippen LogP contribution in [0.3, 0.4) is 0 Å². The highest BCUT2D eigenvalue weighted by Gasteiger charge is 2.17. The molecule has 1 N–H and O–H groups in total. The topological polar surface area (TPSA) is 85.1 Å². The molecular weight excluding hydrogens is 370 g/mol. The van der Waals surface area contributed by atoms with E-state index in [2.05, 4.69) is 16.4 Å². The van der Waals surface area contributed by atoms with E-state index in [1.165, 1.54) is 53.6 Å². The van der Waals surface area contributed by atoms with Crippen LogP contribution < -0.4 is 5.32 Å². The van der Waals surface area contributed by atoms with Crippen LogP contribution in [0.2, 0.25) is 0 Å². The maximum Gasteiger partial charge on any atom is 0.270 e. The fourth-order valence-electron chi connectivity index (χ4n) is 2.88. The molecule has 1 aliphatic rings. The molecule has 1 aromatic heterocycles. The Hall–Kier alpha value is -1.93. The summed E-state index contributed by atoms with van der Waals surface area (Å²) in [5, 5.41) is 13.6. The summed E-state index contributed by atoms with van der Waals surface area (Å²) in [6.45, 7) is 2.52. The highest BCUT2D eigenvalue weighted by molar-refractivity contribution is 8.02. The maximum atomic E-state index is 12.3. The Kier molecular flexibility index (Phi) is 6.26. The second-order valence-electron chi connectivity index (χ2n) is 6.30. The summed E-state index contributed by atoms with van der Waals surface area (Å²) < 4.78 is 1.51. The van der Waals surface area contributed by atoms with E-state index in [1.54, 1.807) is 6.07 Å². The monoisotopic (exact) mass is 391 g/mol. The third-order valence-corrected chi connectivity index (χ3v) is 6.55. The average Bonchev–Trinajstić information content (AvgIpc) is 3.03. The SMILES string of the molecule is C[C@H](Sc1nc2ccc([N+](=O)[O-])cc2s1)C(=O)NCCC1=CCCCC1. The largest absolute Gasteiger partial charge is 0.355 e. The molecule has 0 saturated carbocycles. The Morgan fingerprint density at radius 3 is 3.04 bits per heavy atom. The van der Waals surface area contributed by atoms with E-state index in [0.29, 0.717) is 6.54 Å². The molecule has 0 radical (unpaired) electrons. The summed E-state index contributed by atoms with van der Waals surface area (Å²) in [5.41, 5.74) is 2.23. The summed E-state index contributed by atoms with van der Waals surface area (Å²) in [6, 6.07) is 4.63. The first-order chi connectivity index (χ1) is 12.5. The number of thiazole rings is 1. The number of non-ortho nitro benzene ring substituents is 1. The van der Waals surface area contributed by atoms with Crippen LogP contribution in [0.25, 0.3) is 10.2 Å². The number of allylic oxidation sites excluding steroid dienone is 1. The molecule has 1 amide bonds. The molecule has 1 aliphatic carbocycles. The number of nitro benzene ring substituents is 1. The number of nitrogens with zero attached hydrogens (tertiary/aromatic N) is 2. The molecular formula is C18H21N3O3S2. The molecule has 1 atom stereocenters. The van der Waals surface area contributed by atoms with Crippen LogP contribution >= 0.6 is 23.1 Å². The zero-order chi connectivity index (χ0) is 18.5. The molecule has 8 heteroatoms. The van der Waals surface area contributed by atoms with Crippen LogP contribution in [-0.2, 0) is 4.79 Å². The highest BCUT2D eigenvalue weighted by atomic mass is 32.2. The van der Waals surface area contributed by atoms with Gasteiger partial charge in [-0.1, -0.05) is 23.4 Å². The maximum absolute atomic E-state index is 12.3. The van der Waals surface area contributed by atoms with Crippen molar-refractivity contribution in [3.8, 4) is 0 Å². The number of aromatic nitrogens is 1. The lowest BCUT2D eigenvalue weighted by molar-refractivity contribution is -0.384. The summed E-state index contributed by atoms with van der Waals surface area (Å²) in [6.07, 6.45) is 8.06. The lowest BCUT2D eigenvalue weighted by Gasteiger charge is -2.14. The van der Waals surface area contributed by atoms with Gasteiger partial charge in [-0.3, -0.25) is 14.9 Å². The minimum Gasteiger partial charge on any atom is -0.355 e. The quantitative estimate of drug-likeness (QED) is 0.320. The van der Waals surface area contributed by atoms with E-state index in [0.717, 1.165) is 33.8 Å². The second kappa shape index (κ2) is 8.64. The molecule has 0 aliphatic heterocycles. The molecule has 0 spiro atoms. The van der Waals surface area contributed by atoms with Crippen molar-refractivity contribution in [2.45, 2.75) is 48.6 Å². The summed E-state index contributed by atoms with van der Waals surface area (Å²) >= 11 is 2.77. The average molecular weight is 392 g/mol. The van der Waals surface area contributed by atoms with Crippen molar-refractivity contribution in [3.05, 3.63) is 40.0 Å². The van der Waals surface area contributed by atoms with Crippen LogP contribution in [0.15, 0.2) is 34.2 Å². The zero-order valence-electron chi connectivity index (χ0n) is 14.6. The first-order valence-corrected chi connectivity index (χ1v) is 10.4. The molecule has 138 valence electrons. The number of fused-ring (bicyclic) bond motifs is 1. The van der Waals surface area contributed by atoms with E-state index in [9.17, 15) is 14.9 Å². The van der Waals surface area contributed by atoms with E-state index in [-0.39, 0.29) is 16.8 Å². The third kappa shape index (κ3) is 4.82. The number of nitro groups is 1. The first-order valence-electron chi connectivity index (χ1n) is 8.70. The minimum atomic E-state index is -0.413. The fraction of sp³-hybridized carbons (Fsp3) is 0.444. The van der Waals surface area contributed by atoms with Gasteiger partial charge in [0.05, 0.1) is 20.4 Å². The van der Waals surface area contributed by atoms with Gasteiger partial charge in [-0.25, -0.2) is 4.98 Å². The predicted octanol–water partition coefficient (Wildman–Crippen LogP) is 4.69. The molecule has 6 nitrogen and oxygen atoms in total. The number of thioether (sulfide) groups is 1. The van der Waals surface area contributed by atoms with Crippen LogP contribution in [-0.4, -0.2) is 27.6 Å². The van der Waals surface area contributed by atoms with Gasteiger partial charge in [0.1, 0.15) is 0 Å². The number of benzene rings is 1. The Morgan fingerprint density at radius 2 is 2.31 bits per heavy atom. The lowest BCUT2D eigenvalue weighted by Crippen LogP contribution is -2.31. The van der Waals surface area contributed by atoms with Gasteiger partial charge in [-0.2, -0.15) is 0 Å². The second-order valence-corrected chi connectivity index (χ2v) is 8.92. The molecule has 1 aromatic carbocycles. The van der Waals surface area contributed by atoms with E-state index >= 15 is 0 Å². The molecule has 0 saturated heterocycles. The van der Waals surface area contributed by atoms with E-state index in [4.69, 9.17) is 0 Å². The fourth-order valence-corrected chi connectivity index (χ4v) is 5.15. The molecule has 0 bridgehead atoms. The van der Waals surface area contributed by atoms with Gasteiger partial charge in [-0.05, 0) is 45.1 Å². The van der Waals surface area contributed by atoms with Gasteiger partial charge >= 0.3 is 0 Å². The van der Waals surface area contributed by atoms with Crippen molar-refractivity contribution >= 4 is 44.9 Å². The number of hydrogen-bond acceptors (Lipinski definition) is 6. The number of rotatable bonds is 7. The van der Waals surface area contributed by atoms with Crippen LogP contribution in [0.4, 0.5) is 5.69 Å². The standard InChI is InChI=1S/C18H21N3O3S2/c1-12(17(22)19-10-9-13-5-3-2-4-6-13)25-18-20-15-8-7-14(21(23)24)11-16(15)26-18/h5,7-8,11-12H,2-4,6,9-10H2,1H3,(H,19,22)/t12-/m0/s1. The van der Waals surface area contributed by atoms with Crippen LogP contribution in [0.1, 0.15) is 39.0 Å². The lowest BCUT2D eigenvalue weighted by atomic mass is 9.97. The number of amides is 1. The Balaban J connectivity index is 1.54. The normalized spacial score (nSPS) is 15.5. The van der Waals surface area contributed by atoms with Gasteiger partial charge in [0.25, 0.3) is 5.69 Å². The Morgan fingerprint density at radius 1 is 1.46 bits per heavy atom. The smallest absolute Gasteiger partial charge is 0.270 e. The number of nitrogens with one attached hydrogen (secondary N) is 1. The van der Waals surface area contributed by atoms with Gasteiger partial charge < -0.3 is 5.32 Å². The predicted molar refractivity (Wildman–Crippen MR) is 106 cm³/mol. The minimum absolute atomic E-state index is 0.00311. The van der Waals surface area contributed by atoms with Crippen molar-refractivity contribution < 1.29 is 9.72 Å². The van der Waals surface area contributed by atoms with E-state index < -0.39 is 4.92 Å². The van der Waals surface area contributed by atoms with Crippen LogP contribution in [0, 0.1) is 10.1 Å². The van der Waals surface area contributed by atoms with Crippen molar-refractivity contribution in [2.75, 3.05) is 6.54 Å². The van der Waals surface area contributed by atoms with Crippen molar-refractivity contribution in [2.24, 2.45) is 0 Å². The summed E-state index contributed by atoms with van der Waals surface area (Å²) in [4.78, 5) is 27.2. The van der Waals surface area contributed by atoms with Gasteiger partial charge in [0, 0.05) is 18.7 Å². The van der Waals surface area contributed by atoms with E-state index in [1.807, 2.05) is 6.92 Å². The number of hydrogen-bond donors (Lipinski definition) is 1. The Labute approximate surface area is 160 Å². The van der Waals surface area contributed by atoms with Crippen molar-refractivity contribution in [1.82, 2.24) is 10.3 Å². The number of carbonyl (C=O) groups excluding carboxylic acids is 1. The summed E-state index contributed by atoms with van der Waals surface area (Å²) in [5.74, 6) is -0.00311. The zero-order valence-corrected chi connectivity index (χ0v) is 16.2. The molecule has 2 aromatic rings. The van der Waals surface area contributed by atoms with Crippen molar-refractivity contribution in [3.63, 3.8) is 0 Å². The number of carbonyl (C=O) groups is 1. The van der Waals surface area contributed by atoms with Gasteiger partial charge in [0.2, 0.25) is 5.91 Å². The highest BCUT2D eigenvalue weighted by Crippen LogP contribution is 2.33. The molecule has 0 unspecified atom stereocenters. The molecule has 26 heavy (non-hydrogen) atoms. The first kappa shape index (κ1) is 18.8. The van der Waals surface area contributed by atoms with Crippen molar-refractivity contribution in [1.29, 1.82) is 0 Å². The van der Waals surface area contributed by atoms with Gasteiger partial charge in [0.15, 0.2) is 4.34 Å². The van der Waals surface area contributed by atoms with Crippen LogP contribution in [0.5, 0.6) is 0 Å². The van der Waals surface area contributed by atoms with Gasteiger partial charge in [-0.15, -0.1) is 11.3 Å². The molecule has 0 fully saturated rings. The summed E-state index contributed by atoms with van der Waals surface area (Å²) in [7, 11) is 0. The molecule has 1 heterocycles.